The van der Waals surface area contributed by atoms with E-state index in [4.69, 9.17) is 12.2 Å². The highest BCUT2D eigenvalue weighted by atomic mass is 32.1. The van der Waals surface area contributed by atoms with Crippen molar-refractivity contribution in [2.45, 2.75) is 26.8 Å². The molecule has 2 rings (SSSR count). The molecule has 2 N–H and O–H groups in total. The Morgan fingerprint density at radius 1 is 1.33 bits per heavy atom. The number of para-hydroxylation sites is 1. The van der Waals surface area contributed by atoms with Gasteiger partial charge in [-0.05, 0) is 37.2 Å². The Morgan fingerprint density at radius 3 is 2.67 bits per heavy atom. The lowest BCUT2D eigenvalue weighted by molar-refractivity contribution is -0.124. The van der Waals surface area contributed by atoms with Crippen LogP contribution in [0.2, 0.25) is 0 Å². The second-order valence-corrected chi connectivity index (χ2v) is 5.85. The number of aromatic nitrogens is 2. The largest absolute Gasteiger partial charge is 0.354 e. The van der Waals surface area contributed by atoms with E-state index in [1.54, 1.807) is 25.1 Å². The van der Waals surface area contributed by atoms with Gasteiger partial charge in [-0.1, -0.05) is 26.0 Å². The SMILES string of the molecule is CC(C)CNC(=O)C(C)n1c(=S)[nH]c2ccccc2c1=O. The van der Waals surface area contributed by atoms with Gasteiger partial charge < -0.3 is 10.3 Å². The third-order valence-corrected chi connectivity index (χ3v) is 3.59. The lowest BCUT2D eigenvalue weighted by Crippen LogP contribution is -2.38. The quantitative estimate of drug-likeness (QED) is 0.852. The fourth-order valence-electron chi connectivity index (χ4n) is 2.10. The maximum atomic E-state index is 12.5. The van der Waals surface area contributed by atoms with E-state index in [1.165, 1.54) is 4.57 Å². The Balaban J connectivity index is 2.44. The number of benzene rings is 1. The molecule has 1 unspecified atom stereocenters. The van der Waals surface area contributed by atoms with Gasteiger partial charge in [-0.15, -0.1) is 0 Å². The molecule has 0 saturated heterocycles. The van der Waals surface area contributed by atoms with Crippen LogP contribution in [-0.2, 0) is 4.79 Å². The van der Waals surface area contributed by atoms with E-state index in [1.807, 2.05) is 19.9 Å². The van der Waals surface area contributed by atoms with Gasteiger partial charge in [0.2, 0.25) is 5.91 Å². The zero-order chi connectivity index (χ0) is 15.6. The van der Waals surface area contributed by atoms with Crippen LogP contribution in [0.25, 0.3) is 10.9 Å². The number of hydrogen-bond acceptors (Lipinski definition) is 3. The van der Waals surface area contributed by atoms with Gasteiger partial charge in [0.1, 0.15) is 6.04 Å². The number of carbonyl (C=O) groups is 1. The van der Waals surface area contributed by atoms with E-state index < -0.39 is 6.04 Å². The molecule has 1 aromatic carbocycles. The Bertz CT molecular complexity index is 776. The van der Waals surface area contributed by atoms with Crippen LogP contribution in [0.15, 0.2) is 29.1 Å². The smallest absolute Gasteiger partial charge is 0.262 e. The lowest BCUT2D eigenvalue weighted by Gasteiger charge is -2.16. The first kappa shape index (κ1) is 15.4. The third kappa shape index (κ3) is 3.21. The zero-order valence-corrected chi connectivity index (χ0v) is 13.2. The lowest BCUT2D eigenvalue weighted by atomic mass is 10.2. The molecule has 1 aromatic heterocycles. The summed E-state index contributed by atoms with van der Waals surface area (Å²) in [5, 5.41) is 3.35. The van der Waals surface area contributed by atoms with Gasteiger partial charge in [0, 0.05) is 6.54 Å². The molecule has 0 bridgehead atoms. The van der Waals surface area contributed by atoms with Gasteiger partial charge in [-0.25, -0.2) is 0 Å². The minimum absolute atomic E-state index is 0.208. The minimum Gasteiger partial charge on any atom is -0.354 e. The molecule has 0 saturated carbocycles. The fourth-order valence-corrected chi connectivity index (χ4v) is 2.45. The second-order valence-electron chi connectivity index (χ2n) is 5.47. The van der Waals surface area contributed by atoms with E-state index >= 15 is 0 Å². The van der Waals surface area contributed by atoms with Crippen LogP contribution in [0.3, 0.4) is 0 Å². The minimum atomic E-state index is -0.649. The van der Waals surface area contributed by atoms with E-state index in [0.717, 1.165) is 0 Å². The predicted molar refractivity (Wildman–Crippen MR) is 86.0 cm³/mol. The van der Waals surface area contributed by atoms with Crippen molar-refractivity contribution in [1.29, 1.82) is 0 Å². The van der Waals surface area contributed by atoms with Crippen molar-refractivity contribution in [3.63, 3.8) is 0 Å². The Kier molecular flexibility index (Phi) is 4.57. The highest BCUT2D eigenvalue weighted by molar-refractivity contribution is 7.71. The van der Waals surface area contributed by atoms with E-state index in [2.05, 4.69) is 10.3 Å². The molecular formula is C15H19N3O2S. The molecule has 1 heterocycles. The first-order valence-corrected chi connectivity index (χ1v) is 7.34. The Morgan fingerprint density at radius 2 is 2.00 bits per heavy atom. The molecule has 0 aliphatic rings. The number of carbonyl (C=O) groups excluding carboxylic acids is 1. The normalized spacial score (nSPS) is 12.6. The van der Waals surface area contributed by atoms with Gasteiger partial charge in [0.15, 0.2) is 4.77 Å². The summed E-state index contributed by atoms with van der Waals surface area (Å²) in [5.74, 6) is 0.143. The third-order valence-electron chi connectivity index (χ3n) is 3.29. The summed E-state index contributed by atoms with van der Waals surface area (Å²) in [4.78, 5) is 27.7. The summed E-state index contributed by atoms with van der Waals surface area (Å²) in [6.07, 6.45) is 0. The highest BCUT2D eigenvalue weighted by Crippen LogP contribution is 2.10. The molecule has 0 radical (unpaired) electrons. The maximum absolute atomic E-state index is 12.5. The van der Waals surface area contributed by atoms with Crippen molar-refractivity contribution in [2.75, 3.05) is 6.54 Å². The number of fused-ring (bicyclic) bond motifs is 1. The summed E-state index contributed by atoms with van der Waals surface area (Å²) in [6.45, 7) is 6.27. The van der Waals surface area contributed by atoms with Gasteiger partial charge in [-0.2, -0.15) is 0 Å². The first-order valence-electron chi connectivity index (χ1n) is 6.93. The monoisotopic (exact) mass is 305 g/mol. The number of nitrogens with one attached hydrogen (secondary N) is 2. The highest BCUT2D eigenvalue weighted by Gasteiger charge is 2.18. The van der Waals surface area contributed by atoms with Crippen LogP contribution in [0, 0.1) is 10.7 Å². The van der Waals surface area contributed by atoms with Crippen LogP contribution in [-0.4, -0.2) is 22.0 Å². The molecule has 5 nitrogen and oxygen atoms in total. The molecule has 112 valence electrons. The molecular weight excluding hydrogens is 286 g/mol. The first-order chi connectivity index (χ1) is 9.91. The van der Waals surface area contributed by atoms with Gasteiger partial charge in [0.25, 0.3) is 5.56 Å². The summed E-state index contributed by atoms with van der Waals surface area (Å²) >= 11 is 5.23. The zero-order valence-electron chi connectivity index (χ0n) is 12.3. The molecule has 0 aliphatic carbocycles. The molecule has 1 atom stereocenters. The number of H-pyrrole nitrogens is 1. The van der Waals surface area contributed by atoms with E-state index in [0.29, 0.717) is 23.4 Å². The molecule has 21 heavy (non-hydrogen) atoms. The topological polar surface area (TPSA) is 66.9 Å². The molecule has 6 heteroatoms. The average molecular weight is 305 g/mol. The number of hydrogen-bond donors (Lipinski definition) is 2. The molecule has 0 fully saturated rings. The van der Waals surface area contributed by atoms with Crippen LogP contribution < -0.4 is 10.9 Å². The van der Waals surface area contributed by atoms with Gasteiger partial charge in [0.05, 0.1) is 10.9 Å². The number of nitrogens with zero attached hydrogens (tertiary/aromatic N) is 1. The Hall–Kier alpha value is -1.95. The van der Waals surface area contributed by atoms with E-state index in [-0.39, 0.29) is 16.2 Å². The molecule has 0 aliphatic heterocycles. The van der Waals surface area contributed by atoms with Crippen molar-refractivity contribution < 1.29 is 4.79 Å². The molecule has 1 amide bonds. The van der Waals surface area contributed by atoms with Crippen molar-refractivity contribution in [3.8, 4) is 0 Å². The van der Waals surface area contributed by atoms with Gasteiger partial charge >= 0.3 is 0 Å². The van der Waals surface area contributed by atoms with Crippen LogP contribution in [0.4, 0.5) is 0 Å². The summed E-state index contributed by atoms with van der Waals surface area (Å²) < 4.78 is 1.58. The Labute approximate surface area is 128 Å². The van der Waals surface area contributed by atoms with Crippen molar-refractivity contribution >= 4 is 29.0 Å². The molecule has 2 aromatic rings. The summed E-state index contributed by atoms with van der Waals surface area (Å²) in [7, 11) is 0. The van der Waals surface area contributed by atoms with Crippen LogP contribution in [0.1, 0.15) is 26.8 Å². The summed E-state index contributed by atoms with van der Waals surface area (Å²) in [5.41, 5.74) is 0.431. The predicted octanol–water partition coefficient (Wildman–Crippen LogP) is 2.39. The van der Waals surface area contributed by atoms with E-state index in [9.17, 15) is 9.59 Å². The average Bonchev–Trinajstić information content (AvgIpc) is 2.44. The van der Waals surface area contributed by atoms with Crippen molar-refractivity contribution in [3.05, 3.63) is 39.4 Å². The number of rotatable bonds is 4. The second kappa shape index (κ2) is 6.22. The maximum Gasteiger partial charge on any atom is 0.262 e. The van der Waals surface area contributed by atoms with Crippen molar-refractivity contribution in [2.24, 2.45) is 5.92 Å². The van der Waals surface area contributed by atoms with Crippen molar-refractivity contribution in [1.82, 2.24) is 14.9 Å². The number of aromatic amines is 1. The van der Waals surface area contributed by atoms with Gasteiger partial charge in [-0.3, -0.25) is 14.2 Å². The summed E-state index contributed by atoms with van der Waals surface area (Å²) in [6, 6.07) is 6.48. The number of amides is 1. The standard InChI is InChI=1S/C15H19N3O2S/c1-9(2)8-16-13(19)10(3)18-14(20)11-6-4-5-7-12(11)17-15(18)21/h4-7,9-10H,8H2,1-3H3,(H,16,19)(H,17,21). The van der Waals surface area contributed by atoms with Crippen LogP contribution in [0.5, 0.6) is 0 Å². The fraction of sp³-hybridized carbons (Fsp3) is 0.400. The van der Waals surface area contributed by atoms with Crippen LogP contribution >= 0.6 is 12.2 Å². The molecule has 0 spiro atoms.